The van der Waals surface area contributed by atoms with Gasteiger partial charge in [-0.1, -0.05) is 18.2 Å². The Balaban J connectivity index is 1.92. The van der Waals surface area contributed by atoms with Crippen LogP contribution < -0.4 is 14.6 Å². The first-order valence-electron chi connectivity index (χ1n) is 9.62. The van der Waals surface area contributed by atoms with E-state index in [1.807, 2.05) is 16.8 Å². The minimum absolute atomic E-state index is 0.0817. The second-order valence-corrected chi connectivity index (χ2v) is 7.63. The van der Waals surface area contributed by atoms with Crippen molar-refractivity contribution in [3.63, 3.8) is 0 Å². The number of hydrogen-bond acceptors (Lipinski definition) is 7. The normalized spacial score (nSPS) is 11.4. The van der Waals surface area contributed by atoms with Crippen molar-refractivity contribution < 1.29 is 24.2 Å². The Labute approximate surface area is 184 Å². The molecule has 158 valence electrons. The number of hydrogen-bond donors (Lipinski definition) is 0. The third kappa shape index (κ3) is 5.93. The smallest absolute Gasteiger partial charge is 0.163 e. The van der Waals surface area contributed by atoms with Crippen LogP contribution in [-0.2, 0) is 11.4 Å². The van der Waals surface area contributed by atoms with Crippen molar-refractivity contribution in [3.8, 4) is 17.6 Å². The second-order valence-electron chi connectivity index (χ2n) is 6.85. The first-order valence-corrected chi connectivity index (χ1v) is 10.6. The third-order valence-electron chi connectivity index (χ3n) is 4.63. The number of rotatable bonds is 10. The lowest BCUT2D eigenvalue weighted by Crippen LogP contribution is -2.23. The molecule has 0 aliphatic heterocycles. The zero-order chi connectivity index (χ0) is 22.2. The molecule has 31 heavy (non-hydrogen) atoms. The van der Waals surface area contributed by atoms with Crippen LogP contribution in [0.5, 0.6) is 11.5 Å². The number of benzene rings is 2. The largest absolute Gasteiger partial charge is 0.550 e. The number of ether oxygens (including phenoxy) is 2. The number of nitrogens with zero attached hydrogens (tertiary/aromatic N) is 1. The van der Waals surface area contributed by atoms with Crippen molar-refractivity contribution in [3.05, 3.63) is 81.5 Å². The highest BCUT2D eigenvalue weighted by molar-refractivity contribution is 7.07. The summed E-state index contributed by atoms with van der Waals surface area (Å²) in [4.78, 5) is 23.2. The van der Waals surface area contributed by atoms with Crippen LogP contribution in [0.3, 0.4) is 0 Å². The molecule has 0 bridgehead atoms. The predicted octanol–water partition coefficient (Wildman–Crippen LogP) is 4.05. The number of Topliss-reactive ketones (excluding diaryl/α,β-unsaturated/α-hetero) is 1. The Morgan fingerprint density at radius 2 is 2.00 bits per heavy atom. The molecule has 1 atom stereocenters. The van der Waals surface area contributed by atoms with Crippen molar-refractivity contribution in [2.75, 3.05) is 0 Å². The SMILES string of the molecule is CC(=O)c1ccc(OCc2ccsc2)cc1OC(CCC(=O)[O-])c1ccccc1C#N. The monoisotopic (exact) mass is 434 g/mol. The standard InChI is InChI=1S/C24H21NO5S/c1-16(26)20-7-6-19(29-14-17-10-11-31-15-17)12-23(20)30-22(8-9-24(27)28)21-5-3-2-4-18(21)13-25/h2-7,10-12,15,22H,8-9,14H2,1H3,(H,27,28)/p-1. The fourth-order valence-electron chi connectivity index (χ4n) is 3.08. The molecule has 3 aromatic rings. The minimum Gasteiger partial charge on any atom is -0.550 e. The highest BCUT2D eigenvalue weighted by atomic mass is 32.1. The van der Waals surface area contributed by atoms with Crippen molar-refractivity contribution in [1.82, 2.24) is 0 Å². The number of carboxylic acids is 1. The number of carbonyl (C=O) groups excluding carboxylic acids is 2. The summed E-state index contributed by atoms with van der Waals surface area (Å²) in [5.41, 5.74) is 2.29. The molecule has 0 aliphatic rings. The summed E-state index contributed by atoms with van der Waals surface area (Å²) in [6.45, 7) is 1.79. The Morgan fingerprint density at radius 3 is 2.68 bits per heavy atom. The van der Waals surface area contributed by atoms with Crippen molar-refractivity contribution in [2.45, 2.75) is 32.5 Å². The molecule has 1 heterocycles. The van der Waals surface area contributed by atoms with E-state index in [4.69, 9.17) is 9.47 Å². The van der Waals surface area contributed by atoms with Gasteiger partial charge in [-0.15, -0.1) is 0 Å². The van der Waals surface area contributed by atoms with Crippen molar-refractivity contribution in [2.24, 2.45) is 0 Å². The van der Waals surface area contributed by atoms with E-state index in [-0.39, 0.29) is 24.4 Å². The van der Waals surface area contributed by atoms with Gasteiger partial charge in [0.2, 0.25) is 0 Å². The van der Waals surface area contributed by atoms with E-state index in [1.54, 1.807) is 53.8 Å². The molecule has 0 spiro atoms. The molecule has 6 nitrogen and oxygen atoms in total. The van der Waals surface area contributed by atoms with Gasteiger partial charge in [0.25, 0.3) is 0 Å². The summed E-state index contributed by atoms with van der Waals surface area (Å²) >= 11 is 1.57. The number of carbonyl (C=O) groups is 2. The van der Waals surface area contributed by atoms with Gasteiger partial charge in [-0.05, 0) is 60.4 Å². The van der Waals surface area contributed by atoms with Gasteiger partial charge in [0.05, 0.1) is 17.2 Å². The summed E-state index contributed by atoms with van der Waals surface area (Å²) < 4.78 is 11.9. The fourth-order valence-corrected chi connectivity index (χ4v) is 3.74. The molecule has 0 N–H and O–H groups in total. The van der Waals surface area contributed by atoms with E-state index in [9.17, 15) is 20.0 Å². The zero-order valence-electron chi connectivity index (χ0n) is 16.9. The summed E-state index contributed by atoms with van der Waals surface area (Å²) in [5.74, 6) is -0.640. The summed E-state index contributed by atoms with van der Waals surface area (Å²) in [7, 11) is 0. The maximum absolute atomic E-state index is 12.2. The Bertz CT molecular complexity index is 1100. The fraction of sp³-hybridized carbons (Fsp3) is 0.208. The second kappa shape index (κ2) is 10.4. The van der Waals surface area contributed by atoms with Gasteiger partial charge >= 0.3 is 0 Å². The molecule has 2 aromatic carbocycles. The molecule has 7 heteroatoms. The van der Waals surface area contributed by atoms with Crippen LogP contribution in [0.25, 0.3) is 0 Å². The van der Waals surface area contributed by atoms with Gasteiger partial charge in [0.1, 0.15) is 24.2 Å². The lowest BCUT2D eigenvalue weighted by Gasteiger charge is -2.22. The van der Waals surface area contributed by atoms with E-state index in [1.165, 1.54) is 6.92 Å². The van der Waals surface area contributed by atoms with Gasteiger partial charge in [-0.3, -0.25) is 4.79 Å². The van der Waals surface area contributed by atoms with Crippen LogP contribution in [0.1, 0.15) is 52.9 Å². The number of aliphatic carboxylic acids is 1. The van der Waals surface area contributed by atoms with E-state index in [0.717, 1.165) is 5.56 Å². The number of ketones is 1. The average molecular weight is 434 g/mol. The van der Waals surface area contributed by atoms with Crippen LogP contribution in [0.4, 0.5) is 0 Å². The van der Waals surface area contributed by atoms with Gasteiger partial charge in [-0.25, -0.2) is 0 Å². The van der Waals surface area contributed by atoms with Gasteiger partial charge < -0.3 is 19.4 Å². The number of thiophene rings is 1. The molecule has 1 unspecified atom stereocenters. The van der Waals surface area contributed by atoms with Crippen LogP contribution in [0.2, 0.25) is 0 Å². The molecule has 0 saturated heterocycles. The van der Waals surface area contributed by atoms with E-state index < -0.39 is 12.1 Å². The number of carboxylic acid groups (broad SMARTS) is 1. The van der Waals surface area contributed by atoms with E-state index in [0.29, 0.717) is 29.0 Å². The molecule has 0 aliphatic carbocycles. The van der Waals surface area contributed by atoms with Crippen LogP contribution in [-0.4, -0.2) is 11.8 Å². The van der Waals surface area contributed by atoms with E-state index >= 15 is 0 Å². The highest BCUT2D eigenvalue weighted by Crippen LogP contribution is 2.33. The minimum atomic E-state index is -1.22. The lowest BCUT2D eigenvalue weighted by molar-refractivity contribution is -0.306. The zero-order valence-corrected chi connectivity index (χ0v) is 17.7. The highest BCUT2D eigenvalue weighted by Gasteiger charge is 2.20. The van der Waals surface area contributed by atoms with Crippen LogP contribution >= 0.6 is 11.3 Å². The van der Waals surface area contributed by atoms with Crippen LogP contribution in [0, 0.1) is 11.3 Å². The lowest BCUT2D eigenvalue weighted by atomic mass is 9.99. The number of nitriles is 1. The van der Waals surface area contributed by atoms with Gasteiger partial charge in [-0.2, -0.15) is 16.6 Å². The molecule has 1 aromatic heterocycles. The first-order chi connectivity index (χ1) is 15.0. The molecular weight excluding hydrogens is 414 g/mol. The maximum atomic E-state index is 12.2. The third-order valence-corrected chi connectivity index (χ3v) is 5.36. The predicted molar refractivity (Wildman–Crippen MR) is 114 cm³/mol. The van der Waals surface area contributed by atoms with Gasteiger partial charge in [0, 0.05) is 17.6 Å². The van der Waals surface area contributed by atoms with Crippen molar-refractivity contribution >= 4 is 23.1 Å². The van der Waals surface area contributed by atoms with Crippen molar-refractivity contribution in [1.29, 1.82) is 5.26 Å². The molecule has 3 rings (SSSR count). The molecule has 0 fully saturated rings. The Hall–Kier alpha value is -3.63. The maximum Gasteiger partial charge on any atom is 0.163 e. The molecule has 0 amide bonds. The summed E-state index contributed by atoms with van der Waals surface area (Å²) in [6, 6.07) is 15.8. The summed E-state index contributed by atoms with van der Waals surface area (Å²) in [5, 5.41) is 24.5. The quantitative estimate of drug-likeness (QED) is 0.446. The first kappa shape index (κ1) is 22.1. The topological polar surface area (TPSA) is 99.4 Å². The van der Waals surface area contributed by atoms with E-state index in [2.05, 4.69) is 6.07 Å². The molecule has 0 radical (unpaired) electrons. The Morgan fingerprint density at radius 1 is 1.19 bits per heavy atom. The molecule has 0 saturated carbocycles. The summed E-state index contributed by atoms with van der Waals surface area (Å²) in [6.07, 6.45) is -0.925. The van der Waals surface area contributed by atoms with Crippen LogP contribution in [0.15, 0.2) is 59.3 Å². The average Bonchev–Trinajstić information content (AvgIpc) is 3.28. The van der Waals surface area contributed by atoms with Gasteiger partial charge in [0.15, 0.2) is 5.78 Å². The Kier molecular flexibility index (Phi) is 7.41. The molecular formula is C24H20NO5S-.